The van der Waals surface area contributed by atoms with Crippen LogP contribution in [0.25, 0.3) is 5.57 Å². The zero-order chi connectivity index (χ0) is 20.5. The van der Waals surface area contributed by atoms with Crippen molar-refractivity contribution in [3.8, 4) is 0 Å². The fraction of sp³-hybridized carbons (Fsp3) is 0.0435. The number of anilines is 2. The molecule has 4 nitrogen and oxygen atoms in total. The minimum Gasteiger partial charge on any atom is -0.350 e. The van der Waals surface area contributed by atoms with Crippen LogP contribution in [0.2, 0.25) is 5.02 Å². The minimum atomic E-state index is -0.486. The molecule has 0 atom stereocenters. The van der Waals surface area contributed by atoms with Crippen molar-refractivity contribution in [1.29, 1.82) is 0 Å². The molecule has 4 rings (SSSR count). The largest absolute Gasteiger partial charge is 0.350 e. The SMILES string of the molecule is Cc1ccccc1NC1=C(c2ccc(F)cc2)C(=O)N(c2ccc(Cl)cc2)C1=O. The molecule has 0 aromatic heterocycles. The zero-order valence-electron chi connectivity index (χ0n) is 15.4. The van der Waals surface area contributed by atoms with Crippen molar-refractivity contribution in [2.24, 2.45) is 0 Å². The Balaban J connectivity index is 1.83. The van der Waals surface area contributed by atoms with E-state index in [0.29, 0.717) is 22.0 Å². The van der Waals surface area contributed by atoms with Gasteiger partial charge in [-0.2, -0.15) is 0 Å². The number of hydrogen-bond donors (Lipinski definition) is 1. The summed E-state index contributed by atoms with van der Waals surface area (Å²) in [5.74, 6) is -1.39. The van der Waals surface area contributed by atoms with Crippen LogP contribution in [0.3, 0.4) is 0 Å². The number of carbonyl (C=O) groups excluding carboxylic acids is 2. The van der Waals surface area contributed by atoms with Crippen molar-refractivity contribution < 1.29 is 14.0 Å². The summed E-state index contributed by atoms with van der Waals surface area (Å²) in [5, 5.41) is 3.61. The molecule has 144 valence electrons. The van der Waals surface area contributed by atoms with Gasteiger partial charge in [0.05, 0.1) is 11.3 Å². The molecule has 6 heteroatoms. The third kappa shape index (κ3) is 3.52. The lowest BCUT2D eigenvalue weighted by atomic mass is 10.0. The molecular weight excluding hydrogens is 391 g/mol. The van der Waals surface area contributed by atoms with E-state index in [0.717, 1.165) is 10.5 Å². The predicted molar refractivity (Wildman–Crippen MR) is 112 cm³/mol. The van der Waals surface area contributed by atoms with Crippen LogP contribution in [0.5, 0.6) is 0 Å². The van der Waals surface area contributed by atoms with E-state index in [9.17, 15) is 14.0 Å². The second kappa shape index (κ2) is 7.53. The summed E-state index contributed by atoms with van der Waals surface area (Å²) in [5.41, 5.74) is 2.83. The first-order chi connectivity index (χ1) is 14.0. The molecule has 1 N–H and O–H groups in total. The molecule has 0 spiro atoms. The fourth-order valence-electron chi connectivity index (χ4n) is 3.20. The third-order valence-corrected chi connectivity index (χ3v) is 4.96. The van der Waals surface area contributed by atoms with Crippen LogP contribution >= 0.6 is 11.6 Å². The second-order valence-corrected chi connectivity index (χ2v) is 7.06. The molecule has 0 aliphatic carbocycles. The maximum Gasteiger partial charge on any atom is 0.282 e. The van der Waals surface area contributed by atoms with Crippen molar-refractivity contribution >= 4 is 40.4 Å². The molecule has 2 amide bonds. The highest BCUT2D eigenvalue weighted by Crippen LogP contribution is 2.34. The average molecular weight is 407 g/mol. The summed E-state index contributed by atoms with van der Waals surface area (Å²) in [6.07, 6.45) is 0. The van der Waals surface area contributed by atoms with E-state index in [4.69, 9.17) is 11.6 Å². The first kappa shape index (κ1) is 18.9. The van der Waals surface area contributed by atoms with Crippen LogP contribution in [0.4, 0.5) is 15.8 Å². The number of imide groups is 1. The Morgan fingerprint density at radius 2 is 1.52 bits per heavy atom. The summed E-state index contributed by atoms with van der Waals surface area (Å²) < 4.78 is 13.4. The van der Waals surface area contributed by atoms with Crippen LogP contribution in [0, 0.1) is 12.7 Å². The summed E-state index contributed by atoms with van der Waals surface area (Å²) >= 11 is 5.94. The zero-order valence-corrected chi connectivity index (χ0v) is 16.2. The highest BCUT2D eigenvalue weighted by Gasteiger charge is 2.40. The Hall–Kier alpha value is -3.44. The first-order valence-corrected chi connectivity index (χ1v) is 9.31. The number of aryl methyl sites for hydroxylation is 1. The summed E-state index contributed by atoms with van der Waals surface area (Å²) in [6, 6.07) is 19.4. The number of para-hydroxylation sites is 1. The lowest BCUT2D eigenvalue weighted by Gasteiger charge is -2.15. The van der Waals surface area contributed by atoms with Gasteiger partial charge < -0.3 is 5.32 Å². The highest BCUT2D eigenvalue weighted by molar-refractivity contribution is 6.46. The summed E-state index contributed by atoms with van der Waals surface area (Å²) in [4.78, 5) is 27.6. The quantitative estimate of drug-likeness (QED) is 0.607. The molecule has 29 heavy (non-hydrogen) atoms. The van der Waals surface area contributed by atoms with E-state index < -0.39 is 17.6 Å². The van der Waals surface area contributed by atoms with Crippen LogP contribution in [0.15, 0.2) is 78.5 Å². The number of amides is 2. The molecule has 0 radical (unpaired) electrons. The molecule has 0 bridgehead atoms. The molecule has 0 fully saturated rings. The summed E-state index contributed by atoms with van der Waals surface area (Å²) in [7, 11) is 0. The van der Waals surface area contributed by atoms with Gasteiger partial charge in [-0.25, -0.2) is 9.29 Å². The van der Waals surface area contributed by atoms with Crippen molar-refractivity contribution in [1.82, 2.24) is 0 Å². The first-order valence-electron chi connectivity index (χ1n) is 8.93. The Morgan fingerprint density at radius 3 is 2.17 bits per heavy atom. The number of benzene rings is 3. The van der Waals surface area contributed by atoms with Gasteiger partial charge in [-0.15, -0.1) is 0 Å². The average Bonchev–Trinajstić information content (AvgIpc) is 2.95. The van der Waals surface area contributed by atoms with Gasteiger partial charge in [0.1, 0.15) is 11.5 Å². The smallest absolute Gasteiger partial charge is 0.282 e. The Kier molecular flexibility index (Phi) is 4.91. The van der Waals surface area contributed by atoms with Gasteiger partial charge in [-0.3, -0.25) is 9.59 Å². The maximum absolute atomic E-state index is 13.4. The number of carbonyl (C=O) groups is 2. The van der Waals surface area contributed by atoms with Crippen LogP contribution in [-0.4, -0.2) is 11.8 Å². The van der Waals surface area contributed by atoms with E-state index >= 15 is 0 Å². The number of rotatable bonds is 4. The molecule has 1 aliphatic heterocycles. The molecule has 1 heterocycles. The van der Waals surface area contributed by atoms with Gasteiger partial charge in [0.15, 0.2) is 0 Å². The molecule has 3 aromatic rings. The van der Waals surface area contributed by atoms with E-state index in [2.05, 4.69) is 5.32 Å². The van der Waals surface area contributed by atoms with E-state index in [-0.39, 0.29) is 11.3 Å². The van der Waals surface area contributed by atoms with Crippen LogP contribution in [0.1, 0.15) is 11.1 Å². The van der Waals surface area contributed by atoms with E-state index in [1.54, 1.807) is 24.3 Å². The maximum atomic E-state index is 13.4. The number of halogens is 2. The molecule has 0 saturated carbocycles. The normalized spacial score (nSPS) is 14.0. The number of nitrogens with zero attached hydrogens (tertiary/aromatic N) is 1. The monoisotopic (exact) mass is 406 g/mol. The van der Waals surface area contributed by atoms with Gasteiger partial charge >= 0.3 is 0 Å². The number of nitrogens with one attached hydrogen (secondary N) is 1. The summed E-state index contributed by atoms with van der Waals surface area (Å²) in [6.45, 7) is 1.90. The Morgan fingerprint density at radius 1 is 0.862 bits per heavy atom. The Labute approximate surface area is 172 Å². The lowest BCUT2D eigenvalue weighted by Crippen LogP contribution is -2.32. The lowest BCUT2D eigenvalue weighted by molar-refractivity contribution is -0.120. The van der Waals surface area contributed by atoms with Gasteiger partial charge in [-0.05, 0) is 60.5 Å². The van der Waals surface area contributed by atoms with Gasteiger partial charge in [0.25, 0.3) is 11.8 Å². The fourth-order valence-corrected chi connectivity index (χ4v) is 3.33. The van der Waals surface area contributed by atoms with Crippen LogP contribution in [-0.2, 0) is 9.59 Å². The molecule has 0 unspecified atom stereocenters. The van der Waals surface area contributed by atoms with Crippen molar-refractivity contribution in [2.45, 2.75) is 6.92 Å². The van der Waals surface area contributed by atoms with Crippen molar-refractivity contribution in [3.05, 3.63) is 100 Å². The molecule has 0 saturated heterocycles. The second-order valence-electron chi connectivity index (χ2n) is 6.62. The van der Waals surface area contributed by atoms with Gasteiger partial charge in [0, 0.05) is 10.7 Å². The highest BCUT2D eigenvalue weighted by atomic mass is 35.5. The minimum absolute atomic E-state index is 0.144. The molecule has 3 aromatic carbocycles. The topological polar surface area (TPSA) is 49.4 Å². The standard InChI is InChI=1S/C23H16ClFN2O2/c1-14-4-2-3-5-19(14)26-21-20(15-6-10-17(25)11-7-15)22(28)27(23(21)29)18-12-8-16(24)9-13-18/h2-13,26H,1H3. The third-order valence-electron chi connectivity index (χ3n) is 4.71. The predicted octanol–water partition coefficient (Wildman–Crippen LogP) is 5.18. The van der Waals surface area contributed by atoms with Gasteiger partial charge in [0.2, 0.25) is 0 Å². The van der Waals surface area contributed by atoms with Gasteiger partial charge in [-0.1, -0.05) is 41.9 Å². The van der Waals surface area contributed by atoms with Crippen LogP contribution < -0.4 is 10.2 Å². The van der Waals surface area contributed by atoms with Crippen molar-refractivity contribution in [3.63, 3.8) is 0 Å². The van der Waals surface area contributed by atoms with Crippen molar-refractivity contribution in [2.75, 3.05) is 10.2 Å². The Bertz CT molecular complexity index is 1140. The van der Waals surface area contributed by atoms with E-state index in [1.165, 1.54) is 24.3 Å². The van der Waals surface area contributed by atoms with E-state index in [1.807, 2.05) is 31.2 Å². The number of hydrogen-bond acceptors (Lipinski definition) is 3. The molecule has 1 aliphatic rings. The molecular formula is C23H16ClFN2O2.